The van der Waals surface area contributed by atoms with Crippen LogP contribution < -0.4 is 0 Å². The van der Waals surface area contributed by atoms with Gasteiger partial charge in [-0.05, 0) is 24.1 Å². The smallest absolute Gasteiger partial charge is 0.149 e. The summed E-state index contributed by atoms with van der Waals surface area (Å²) >= 11 is 0. The standard InChI is InChI=1S/C17H19FN2O/c1-13(20-8-10-21-11-9-20)14-2-4-15(5-3-14)16-6-7-19-12-17(16)18/h2-7,12-13H,8-11H2,1H3/t13-/m0/s1. The van der Waals surface area contributed by atoms with Gasteiger partial charge in [0.05, 0.1) is 19.4 Å². The zero-order valence-electron chi connectivity index (χ0n) is 12.1. The van der Waals surface area contributed by atoms with Gasteiger partial charge < -0.3 is 4.74 Å². The maximum absolute atomic E-state index is 13.7. The predicted molar refractivity (Wildman–Crippen MR) is 80.4 cm³/mol. The van der Waals surface area contributed by atoms with Crippen molar-refractivity contribution in [3.8, 4) is 11.1 Å². The fraction of sp³-hybridized carbons (Fsp3) is 0.353. The average Bonchev–Trinajstić information content (AvgIpc) is 2.56. The Morgan fingerprint density at radius 1 is 1.14 bits per heavy atom. The molecule has 3 nitrogen and oxygen atoms in total. The molecule has 2 heterocycles. The van der Waals surface area contributed by atoms with Crippen LogP contribution in [0, 0.1) is 5.82 Å². The van der Waals surface area contributed by atoms with E-state index in [0.29, 0.717) is 11.6 Å². The number of ether oxygens (including phenoxy) is 1. The zero-order valence-corrected chi connectivity index (χ0v) is 12.1. The molecule has 1 aliphatic rings. The molecule has 0 amide bonds. The van der Waals surface area contributed by atoms with Crippen LogP contribution in [0.3, 0.4) is 0 Å². The lowest BCUT2D eigenvalue weighted by molar-refractivity contribution is 0.0198. The molecule has 1 atom stereocenters. The summed E-state index contributed by atoms with van der Waals surface area (Å²) in [6, 6.07) is 10.2. The molecular weight excluding hydrogens is 267 g/mol. The van der Waals surface area contributed by atoms with Crippen LogP contribution in [0.25, 0.3) is 11.1 Å². The minimum Gasteiger partial charge on any atom is -0.379 e. The lowest BCUT2D eigenvalue weighted by Crippen LogP contribution is -2.37. The molecule has 0 N–H and O–H groups in total. The largest absolute Gasteiger partial charge is 0.379 e. The highest BCUT2D eigenvalue weighted by molar-refractivity contribution is 5.63. The number of nitrogens with zero attached hydrogens (tertiary/aromatic N) is 2. The maximum Gasteiger partial charge on any atom is 0.149 e. The predicted octanol–water partition coefficient (Wildman–Crippen LogP) is 3.28. The number of aromatic nitrogens is 1. The van der Waals surface area contributed by atoms with Gasteiger partial charge in [0, 0.05) is 30.9 Å². The van der Waals surface area contributed by atoms with E-state index in [-0.39, 0.29) is 5.82 Å². The van der Waals surface area contributed by atoms with Crippen molar-refractivity contribution in [2.45, 2.75) is 13.0 Å². The van der Waals surface area contributed by atoms with Crippen LogP contribution in [0.1, 0.15) is 18.5 Å². The van der Waals surface area contributed by atoms with E-state index in [2.05, 4.69) is 28.9 Å². The molecule has 4 heteroatoms. The van der Waals surface area contributed by atoms with E-state index >= 15 is 0 Å². The summed E-state index contributed by atoms with van der Waals surface area (Å²) in [5.41, 5.74) is 2.72. The van der Waals surface area contributed by atoms with Gasteiger partial charge in [0.1, 0.15) is 5.82 Å². The van der Waals surface area contributed by atoms with Crippen molar-refractivity contribution in [3.63, 3.8) is 0 Å². The number of halogens is 1. The summed E-state index contributed by atoms with van der Waals surface area (Å²) in [5, 5.41) is 0. The van der Waals surface area contributed by atoms with Crippen molar-refractivity contribution in [2.24, 2.45) is 0 Å². The molecule has 0 bridgehead atoms. The summed E-state index contributed by atoms with van der Waals surface area (Å²) in [6.07, 6.45) is 2.86. The lowest BCUT2D eigenvalue weighted by atomic mass is 10.0. The molecule has 2 aromatic rings. The molecule has 0 aliphatic carbocycles. The Labute approximate surface area is 124 Å². The average molecular weight is 286 g/mol. The summed E-state index contributed by atoms with van der Waals surface area (Å²) < 4.78 is 19.1. The van der Waals surface area contributed by atoms with E-state index in [9.17, 15) is 4.39 Å². The van der Waals surface area contributed by atoms with Gasteiger partial charge >= 0.3 is 0 Å². The van der Waals surface area contributed by atoms with Crippen molar-refractivity contribution in [2.75, 3.05) is 26.3 Å². The molecule has 110 valence electrons. The maximum atomic E-state index is 13.7. The molecule has 1 aliphatic heterocycles. The lowest BCUT2D eigenvalue weighted by Gasteiger charge is -2.32. The van der Waals surface area contributed by atoms with Crippen LogP contribution in [0.5, 0.6) is 0 Å². The van der Waals surface area contributed by atoms with Crippen molar-refractivity contribution in [3.05, 3.63) is 54.1 Å². The first-order valence-corrected chi connectivity index (χ1v) is 7.27. The van der Waals surface area contributed by atoms with Gasteiger partial charge in [-0.25, -0.2) is 4.39 Å². The topological polar surface area (TPSA) is 25.4 Å². The first-order valence-electron chi connectivity index (χ1n) is 7.27. The van der Waals surface area contributed by atoms with Crippen molar-refractivity contribution in [1.29, 1.82) is 0 Å². The van der Waals surface area contributed by atoms with Crippen LogP contribution in [-0.4, -0.2) is 36.2 Å². The third-order valence-electron chi connectivity index (χ3n) is 4.07. The van der Waals surface area contributed by atoms with E-state index in [1.165, 1.54) is 11.8 Å². The van der Waals surface area contributed by atoms with Crippen molar-refractivity contribution >= 4 is 0 Å². The van der Waals surface area contributed by atoms with Gasteiger partial charge in [0.25, 0.3) is 0 Å². The Hall–Kier alpha value is -1.78. The van der Waals surface area contributed by atoms with Crippen LogP contribution >= 0.6 is 0 Å². The third kappa shape index (κ3) is 3.12. The number of hydrogen-bond donors (Lipinski definition) is 0. The van der Waals surface area contributed by atoms with Gasteiger partial charge in [-0.3, -0.25) is 9.88 Å². The van der Waals surface area contributed by atoms with Gasteiger partial charge in [-0.15, -0.1) is 0 Å². The molecule has 0 unspecified atom stereocenters. The van der Waals surface area contributed by atoms with E-state index in [1.807, 2.05) is 12.1 Å². The fourth-order valence-corrected chi connectivity index (χ4v) is 2.73. The first-order chi connectivity index (χ1) is 10.3. The highest BCUT2D eigenvalue weighted by Gasteiger charge is 2.18. The molecular formula is C17H19FN2O. The monoisotopic (exact) mass is 286 g/mol. The molecule has 1 fully saturated rings. The normalized spacial score (nSPS) is 17.6. The van der Waals surface area contributed by atoms with E-state index in [4.69, 9.17) is 4.74 Å². The molecule has 21 heavy (non-hydrogen) atoms. The molecule has 0 radical (unpaired) electrons. The highest BCUT2D eigenvalue weighted by Crippen LogP contribution is 2.26. The third-order valence-corrected chi connectivity index (χ3v) is 4.07. The number of rotatable bonds is 3. The molecule has 1 aromatic heterocycles. The van der Waals surface area contributed by atoms with E-state index < -0.39 is 0 Å². The molecule has 1 saturated heterocycles. The van der Waals surface area contributed by atoms with Crippen LogP contribution in [0.2, 0.25) is 0 Å². The summed E-state index contributed by atoms with van der Waals surface area (Å²) in [6.45, 7) is 5.71. The Kier molecular flexibility index (Phi) is 4.27. The highest BCUT2D eigenvalue weighted by atomic mass is 19.1. The molecule has 3 rings (SSSR count). The quantitative estimate of drug-likeness (QED) is 0.866. The molecule has 0 spiro atoms. The fourth-order valence-electron chi connectivity index (χ4n) is 2.73. The van der Waals surface area contributed by atoms with Gasteiger partial charge in [-0.1, -0.05) is 24.3 Å². The Bertz CT molecular complexity index is 594. The SMILES string of the molecule is C[C@@H](c1ccc(-c2ccncc2F)cc1)N1CCOCC1. The summed E-state index contributed by atoms with van der Waals surface area (Å²) in [4.78, 5) is 6.19. The Morgan fingerprint density at radius 3 is 2.52 bits per heavy atom. The summed E-state index contributed by atoms with van der Waals surface area (Å²) in [5.74, 6) is -0.286. The van der Waals surface area contributed by atoms with Crippen LogP contribution in [-0.2, 0) is 4.74 Å². The van der Waals surface area contributed by atoms with Crippen LogP contribution in [0.4, 0.5) is 4.39 Å². The van der Waals surface area contributed by atoms with Gasteiger partial charge in [-0.2, -0.15) is 0 Å². The molecule has 1 aromatic carbocycles. The van der Waals surface area contributed by atoms with Gasteiger partial charge in [0.2, 0.25) is 0 Å². The zero-order chi connectivity index (χ0) is 14.7. The Balaban J connectivity index is 1.79. The van der Waals surface area contributed by atoms with E-state index in [1.54, 1.807) is 12.3 Å². The van der Waals surface area contributed by atoms with Gasteiger partial charge in [0.15, 0.2) is 0 Å². The second-order valence-electron chi connectivity index (χ2n) is 5.30. The minimum absolute atomic E-state index is 0.286. The van der Waals surface area contributed by atoms with Crippen molar-refractivity contribution < 1.29 is 9.13 Å². The summed E-state index contributed by atoms with van der Waals surface area (Å²) in [7, 11) is 0. The van der Waals surface area contributed by atoms with Crippen molar-refractivity contribution in [1.82, 2.24) is 9.88 Å². The first kappa shape index (κ1) is 14.2. The minimum atomic E-state index is -0.286. The number of benzene rings is 1. The Morgan fingerprint density at radius 2 is 1.86 bits per heavy atom. The van der Waals surface area contributed by atoms with E-state index in [0.717, 1.165) is 31.9 Å². The number of morpholine rings is 1. The second kappa shape index (κ2) is 6.33. The number of pyridine rings is 1. The van der Waals surface area contributed by atoms with Crippen LogP contribution in [0.15, 0.2) is 42.7 Å². The second-order valence-corrected chi connectivity index (χ2v) is 5.30. The molecule has 0 saturated carbocycles. The number of hydrogen-bond acceptors (Lipinski definition) is 3.